The van der Waals surface area contributed by atoms with E-state index in [2.05, 4.69) is 18.4 Å². The van der Waals surface area contributed by atoms with Gasteiger partial charge in [0.2, 0.25) is 0 Å². The van der Waals surface area contributed by atoms with Crippen LogP contribution in [-0.4, -0.2) is 65.7 Å². The van der Waals surface area contributed by atoms with E-state index in [0.29, 0.717) is 6.42 Å². The van der Waals surface area contributed by atoms with E-state index in [1.54, 1.807) is 6.08 Å². The molecular formula is C40H77O10P. The van der Waals surface area contributed by atoms with Gasteiger partial charge in [-0.3, -0.25) is 18.6 Å². The lowest BCUT2D eigenvalue weighted by atomic mass is 10.0. The summed E-state index contributed by atoms with van der Waals surface area (Å²) in [5.74, 6) is -1.01. The maximum Gasteiger partial charge on any atom is 0.472 e. The van der Waals surface area contributed by atoms with Gasteiger partial charge in [0.1, 0.15) is 12.7 Å². The van der Waals surface area contributed by atoms with Gasteiger partial charge in [-0.05, 0) is 19.3 Å². The van der Waals surface area contributed by atoms with Gasteiger partial charge in [0.25, 0.3) is 0 Å². The summed E-state index contributed by atoms with van der Waals surface area (Å²) in [6.07, 6.45) is 33.4. The molecule has 0 aliphatic rings. The van der Waals surface area contributed by atoms with Crippen molar-refractivity contribution >= 4 is 19.8 Å². The second-order valence-corrected chi connectivity index (χ2v) is 15.5. The monoisotopic (exact) mass is 749 g/mol. The lowest BCUT2D eigenvalue weighted by Gasteiger charge is -2.20. The normalized spacial score (nSPS) is 14.1. The first-order valence-electron chi connectivity index (χ1n) is 20.6. The van der Waals surface area contributed by atoms with Crippen LogP contribution in [0, 0.1) is 0 Å². The van der Waals surface area contributed by atoms with Crippen LogP contribution >= 0.6 is 7.82 Å². The van der Waals surface area contributed by atoms with Gasteiger partial charge in [-0.15, -0.1) is 0 Å². The number of aliphatic hydroxyl groups is 2. The van der Waals surface area contributed by atoms with Gasteiger partial charge >= 0.3 is 19.8 Å². The third-order valence-electron chi connectivity index (χ3n) is 8.95. The molecule has 0 saturated carbocycles. The minimum Gasteiger partial charge on any atom is -0.462 e. The van der Waals surface area contributed by atoms with Crippen molar-refractivity contribution in [3.8, 4) is 0 Å². The van der Waals surface area contributed by atoms with Gasteiger partial charge in [0, 0.05) is 6.42 Å². The number of ether oxygens (including phenoxy) is 2. The van der Waals surface area contributed by atoms with Crippen LogP contribution in [0.25, 0.3) is 0 Å². The predicted molar refractivity (Wildman–Crippen MR) is 205 cm³/mol. The molecule has 1 unspecified atom stereocenters. The van der Waals surface area contributed by atoms with Crippen LogP contribution in [0.3, 0.4) is 0 Å². The van der Waals surface area contributed by atoms with Crippen LogP contribution in [0.15, 0.2) is 12.2 Å². The molecule has 0 radical (unpaired) electrons. The van der Waals surface area contributed by atoms with Crippen molar-refractivity contribution in [2.24, 2.45) is 0 Å². The Bertz CT molecular complexity index is 868. The van der Waals surface area contributed by atoms with E-state index in [4.69, 9.17) is 19.1 Å². The van der Waals surface area contributed by atoms with Crippen molar-refractivity contribution in [1.29, 1.82) is 0 Å². The highest BCUT2D eigenvalue weighted by molar-refractivity contribution is 7.47. The van der Waals surface area contributed by atoms with Crippen LogP contribution in [0.1, 0.15) is 194 Å². The van der Waals surface area contributed by atoms with Crippen molar-refractivity contribution in [3.05, 3.63) is 12.2 Å². The Morgan fingerprint density at radius 1 is 0.588 bits per heavy atom. The SMILES string of the molecule is CCCCCCCCCCCC/C=C/CC(=O)O[C@H](COC(=O)CCCCCCCCCCCCCCCCC)COP(=O)(O)OC[C@@H](O)CO. The number of phosphoric ester groups is 1. The lowest BCUT2D eigenvalue weighted by Crippen LogP contribution is -2.29. The van der Waals surface area contributed by atoms with Gasteiger partial charge in [-0.1, -0.05) is 174 Å². The zero-order chi connectivity index (χ0) is 37.7. The predicted octanol–water partition coefficient (Wildman–Crippen LogP) is 10.4. The van der Waals surface area contributed by atoms with Crippen molar-refractivity contribution in [3.63, 3.8) is 0 Å². The van der Waals surface area contributed by atoms with Gasteiger partial charge in [-0.25, -0.2) is 4.57 Å². The van der Waals surface area contributed by atoms with Gasteiger partial charge in [0.15, 0.2) is 6.10 Å². The van der Waals surface area contributed by atoms with E-state index in [-0.39, 0.29) is 19.4 Å². The molecule has 0 aromatic carbocycles. The first kappa shape index (κ1) is 49.7. The number of esters is 2. The number of carbonyl (C=O) groups excluding carboxylic acids is 2. The third kappa shape index (κ3) is 36.8. The van der Waals surface area contributed by atoms with Gasteiger partial charge < -0.3 is 24.6 Å². The Morgan fingerprint density at radius 2 is 1.02 bits per heavy atom. The first-order valence-corrected chi connectivity index (χ1v) is 22.1. The molecule has 3 atom stereocenters. The highest BCUT2D eigenvalue weighted by Gasteiger charge is 2.27. The average molecular weight is 749 g/mol. The molecular weight excluding hydrogens is 671 g/mol. The van der Waals surface area contributed by atoms with E-state index >= 15 is 0 Å². The van der Waals surface area contributed by atoms with Gasteiger partial charge in [0.05, 0.1) is 26.2 Å². The molecule has 0 aliphatic heterocycles. The molecule has 11 heteroatoms. The quantitative estimate of drug-likeness (QED) is 0.0240. The van der Waals surface area contributed by atoms with Crippen LogP contribution in [0.4, 0.5) is 0 Å². The standard InChI is InChI=1S/C40H77O10P/c1-3-5-7-9-11-13-15-17-18-20-21-23-25-27-29-31-39(43)47-35-38(36-49-51(45,46)48-34-37(42)33-41)50-40(44)32-30-28-26-24-22-19-16-14-12-10-8-6-4-2/h28,30,37-38,41-42H,3-27,29,31-36H2,1-2H3,(H,45,46)/b30-28+/t37-,38+/m0/s1. The molecule has 0 aromatic rings. The van der Waals surface area contributed by atoms with E-state index in [1.165, 1.54) is 122 Å². The van der Waals surface area contributed by atoms with E-state index in [0.717, 1.165) is 38.5 Å². The van der Waals surface area contributed by atoms with Gasteiger partial charge in [-0.2, -0.15) is 0 Å². The smallest absolute Gasteiger partial charge is 0.462 e. The Morgan fingerprint density at radius 3 is 1.49 bits per heavy atom. The maximum atomic E-state index is 12.5. The number of hydrogen-bond donors (Lipinski definition) is 3. The number of unbranched alkanes of at least 4 members (excludes halogenated alkanes) is 24. The number of allylic oxidation sites excluding steroid dienone is 1. The van der Waals surface area contributed by atoms with Crippen LogP contribution < -0.4 is 0 Å². The second kappa shape index (κ2) is 37.0. The molecule has 0 spiro atoms. The van der Waals surface area contributed by atoms with Crippen molar-refractivity contribution in [2.45, 2.75) is 206 Å². The van der Waals surface area contributed by atoms with E-state index in [9.17, 15) is 24.2 Å². The summed E-state index contributed by atoms with van der Waals surface area (Å²) in [6, 6.07) is 0. The zero-order valence-corrected chi connectivity index (χ0v) is 33.5. The minimum atomic E-state index is -4.62. The molecule has 302 valence electrons. The van der Waals surface area contributed by atoms with Crippen molar-refractivity contribution in [2.75, 3.05) is 26.4 Å². The fraction of sp³-hybridized carbons (Fsp3) is 0.900. The summed E-state index contributed by atoms with van der Waals surface area (Å²) in [7, 11) is -4.62. The highest BCUT2D eigenvalue weighted by atomic mass is 31.2. The molecule has 0 aliphatic carbocycles. The largest absolute Gasteiger partial charge is 0.472 e. The molecule has 0 rings (SSSR count). The summed E-state index contributed by atoms with van der Waals surface area (Å²) in [6.45, 7) is 2.33. The molecule has 10 nitrogen and oxygen atoms in total. The van der Waals surface area contributed by atoms with Crippen LogP contribution in [-0.2, 0) is 32.7 Å². The van der Waals surface area contributed by atoms with Crippen molar-refractivity contribution in [1.82, 2.24) is 0 Å². The van der Waals surface area contributed by atoms with E-state index < -0.39 is 51.8 Å². The van der Waals surface area contributed by atoms with E-state index in [1.807, 2.05) is 6.08 Å². The molecule has 0 amide bonds. The minimum absolute atomic E-state index is 0.0112. The molecule has 0 heterocycles. The topological polar surface area (TPSA) is 149 Å². The summed E-state index contributed by atoms with van der Waals surface area (Å²) in [5.41, 5.74) is 0. The molecule has 51 heavy (non-hydrogen) atoms. The van der Waals surface area contributed by atoms with Crippen LogP contribution in [0.2, 0.25) is 0 Å². The number of carbonyl (C=O) groups is 2. The number of hydrogen-bond acceptors (Lipinski definition) is 9. The Labute approximate surface area is 311 Å². The molecule has 0 aromatic heterocycles. The second-order valence-electron chi connectivity index (χ2n) is 14.0. The Balaban J connectivity index is 4.34. The summed E-state index contributed by atoms with van der Waals surface area (Å²) < 4.78 is 32.6. The zero-order valence-electron chi connectivity index (χ0n) is 32.6. The maximum absolute atomic E-state index is 12.5. The van der Waals surface area contributed by atoms with Crippen molar-refractivity contribution < 1.29 is 47.8 Å². The summed E-state index contributed by atoms with van der Waals surface area (Å²) in [5, 5.41) is 18.3. The Kier molecular flexibility index (Phi) is 36.1. The molecule has 0 fully saturated rings. The highest BCUT2D eigenvalue weighted by Crippen LogP contribution is 2.43. The number of phosphoric acid groups is 1. The molecule has 0 bridgehead atoms. The van der Waals surface area contributed by atoms with Crippen LogP contribution in [0.5, 0.6) is 0 Å². The molecule has 0 saturated heterocycles. The fourth-order valence-electron chi connectivity index (χ4n) is 5.74. The lowest BCUT2D eigenvalue weighted by molar-refractivity contribution is -0.160. The molecule has 3 N–H and O–H groups in total. The number of rotatable bonds is 39. The average Bonchev–Trinajstić information content (AvgIpc) is 3.12. The first-order chi connectivity index (χ1) is 24.7. The fourth-order valence-corrected chi connectivity index (χ4v) is 6.53. The summed E-state index contributed by atoms with van der Waals surface area (Å²) >= 11 is 0. The third-order valence-corrected chi connectivity index (χ3v) is 9.90. The Hall–Kier alpha value is -1.29. The summed E-state index contributed by atoms with van der Waals surface area (Å²) in [4.78, 5) is 34.8. The number of aliphatic hydroxyl groups excluding tert-OH is 2.